The predicted octanol–water partition coefficient (Wildman–Crippen LogP) is 6.04. The molecule has 3 N–H and O–H groups in total. The van der Waals surface area contributed by atoms with Gasteiger partial charge in [0.25, 0.3) is 5.91 Å². The third-order valence-electron chi connectivity index (χ3n) is 7.17. The Morgan fingerprint density at radius 1 is 0.810 bits per heavy atom. The molecular weight excluding hydrogens is 528 g/mol. The molecule has 1 aliphatic rings. The number of hydrogen-bond donors (Lipinski definition) is 3. The van der Waals surface area contributed by atoms with Gasteiger partial charge in [-0.2, -0.15) is 0 Å². The number of hydrogen-bond acceptors (Lipinski definition) is 5. The summed E-state index contributed by atoms with van der Waals surface area (Å²) in [5, 5.41) is 8.65. The summed E-state index contributed by atoms with van der Waals surface area (Å²) in [5.74, 6) is -0.612. The Balaban J connectivity index is 1.31. The molecule has 3 amide bonds. The van der Waals surface area contributed by atoms with Gasteiger partial charge in [-0.1, -0.05) is 54.6 Å². The molecule has 0 bridgehead atoms. The van der Waals surface area contributed by atoms with Gasteiger partial charge >= 0.3 is 12.0 Å². The predicted molar refractivity (Wildman–Crippen MR) is 165 cm³/mol. The first kappa shape index (κ1) is 28.4. The number of urea groups is 1. The fraction of sp³-hybridized carbons (Fsp3) is 0.206. The first-order valence-electron chi connectivity index (χ1n) is 14.1. The van der Waals surface area contributed by atoms with Crippen molar-refractivity contribution in [3.63, 3.8) is 0 Å². The second-order valence-electron chi connectivity index (χ2n) is 10.0. The summed E-state index contributed by atoms with van der Waals surface area (Å²) in [6.45, 7) is 4.02. The third-order valence-corrected chi connectivity index (χ3v) is 7.17. The lowest BCUT2D eigenvalue weighted by molar-refractivity contribution is 0.0526. The second kappa shape index (κ2) is 13.5. The number of rotatable bonds is 9. The minimum atomic E-state index is -0.464. The zero-order chi connectivity index (χ0) is 29.3. The molecule has 0 aliphatic carbocycles. The number of benzene rings is 4. The molecule has 1 aliphatic heterocycles. The Bertz CT molecular complexity index is 1550. The number of fused-ring (bicyclic) bond motifs is 1. The molecule has 5 rings (SSSR count). The fourth-order valence-electron chi connectivity index (χ4n) is 5.03. The molecule has 0 aromatic heterocycles. The Morgan fingerprint density at radius 3 is 2.26 bits per heavy atom. The quantitative estimate of drug-likeness (QED) is 0.216. The molecule has 0 atom stereocenters. The van der Waals surface area contributed by atoms with Gasteiger partial charge in [-0.25, -0.2) is 9.59 Å². The number of carbonyl (C=O) groups is 3. The normalized spacial score (nSPS) is 12.2. The topological polar surface area (TPSA) is 99.8 Å². The monoisotopic (exact) mass is 562 g/mol. The van der Waals surface area contributed by atoms with Crippen LogP contribution in [0.3, 0.4) is 0 Å². The summed E-state index contributed by atoms with van der Waals surface area (Å²) in [6, 6.07) is 29.8. The van der Waals surface area contributed by atoms with Gasteiger partial charge in [0, 0.05) is 36.7 Å². The SMILES string of the molecule is CCOC(=O)c1ccc(NC(=O)Nc2ccc(N3CCc4ccccc4C3)c(C(=O)NCCc3ccccc3)c2)cc1. The Kier molecular flexibility index (Phi) is 9.13. The van der Waals surface area contributed by atoms with Crippen LogP contribution in [0.2, 0.25) is 0 Å². The fourth-order valence-corrected chi connectivity index (χ4v) is 5.03. The molecule has 0 spiro atoms. The van der Waals surface area contributed by atoms with Crippen LogP contribution in [-0.2, 0) is 24.1 Å². The van der Waals surface area contributed by atoms with E-state index < -0.39 is 12.0 Å². The lowest BCUT2D eigenvalue weighted by atomic mass is 9.98. The molecule has 8 nitrogen and oxygen atoms in total. The van der Waals surface area contributed by atoms with Crippen LogP contribution in [0.25, 0.3) is 0 Å². The van der Waals surface area contributed by atoms with Crippen molar-refractivity contribution in [2.75, 3.05) is 35.2 Å². The Hall–Kier alpha value is -5.11. The molecule has 42 heavy (non-hydrogen) atoms. The van der Waals surface area contributed by atoms with Gasteiger partial charge in [0.2, 0.25) is 0 Å². The van der Waals surface area contributed by atoms with Crippen LogP contribution in [0.1, 0.15) is 44.3 Å². The standard InChI is InChI=1S/C34H34N4O4/c1-2-42-33(40)26-12-14-28(15-13-26)36-34(41)37-29-16-17-31(38-21-19-25-10-6-7-11-27(25)23-38)30(22-29)32(39)35-20-18-24-8-4-3-5-9-24/h3-17,22H,2,18-21,23H2,1H3,(H,35,39)(H2,36,37,41). The van der Waals surface area contributed by atoms with Crippen molar-refractivity contribution in [3.8, 4) is 0 Å². The minimum Gasteiger partial charge on any atom is -0.462 e. The zero-order valence-corrected chi connectivity index (χ0v) is 23.6. The van der Waals surface area contributed by atoms with Crippen LogP contribution >= 0.6 is 0 Å². The third kappa shape index (κ3) is 7.14. The van der Waals surface area contributed by atoms with E-state index in [9.17, 15) is 14.4 Å². The Morgan fingerprint density at radius 2 is 1.50 bits per heavy atom. The van der Waals surface area contributed by atoms with Crippen molar-refractivity contribution in [1.82, 2.24) is 5.32 Å². The van der Waals surface area contributed by atoms with E-state index in [0.29, 0.717) is 42.0 Å². The molecule has 0 radical (unpaired) electrons. The summed E-state index contributed by atoms with van der Waals surface area (Å²) in [7, 11) is 0. The number of anilines is 3. The molecular formula is C34H34N4O4. The minimum absolute atomic E-state index is 0.196. The number of ether oxygens (including phenoxy) is 1. The molecule has 4 aromatic rings. The van der Waals surface area contributed by atoms with Crippen LogP contribution < -0.4 is 20.9 Å². The van der Waals surface area contributed by atoms with E-state index in [4.69, 9.17) is 4.74 Å². The molecule has 4 aromatic carbocycles. The number of carbonyl (C=O) groups excluding carboxylic acids is 3. The van der Waals surface area contributed by atoms with E-state index in [1.165, 1.54) is 11.1 Å². The van der Waals surface area contributed by atoms with Gasteiger partial charge in [-0.05, 0) is 78.9 Å². The second-order valence-corrected chi connectivity index (χ2v) is 10.0. The van der Waals surface area contributed by atoms with Gasteiger partial charge in [0.05, 0.1) is 17.7 Å². The van der Waals surface area contributed by atoms with Crippen LogP contribution in [0, 0.1) is 0 Å². The van der Waals surface area contributed by atoms with E-state index in [1.807, 2.05) is 42.5 Å². The summed E-state index contributed by atoms with van der Waals surface area (Å²) >= 11 is 0. The van der Waals surface area contributed by atoms with Crippen molar-refractivity contribution in [2.45, 2.75) is 26.3 Å². The van der Waals surface area contributed by atoms with E-state index in [-0.39, 0.29) is 12.5 Å². The summed E-state index contributed by atoms with van der Waals surface area (Å²) in [6.07, 6.45) is 1.61. The van der Waals surface area contributed by atoms with E-state index in [2.05, 4.69) is 39.0 Å². The van der Waals surface area contributed by atoms with E-state index in [0.717, 1.165) is 24.2 Å². The smallest absolute Gasteiger partial charge is 0.338 e. The lowest BCUT2D eigenvalue weighted by Gasteiger charge is -2.32. The number of nitrogens with one attached hydrogen (secondary N) is 3. The maximum Gasteiger partial charge on any atom is 0.338 e. The van der Waals surface area contributed by atoms with Gasteiger partial charge in [0.1, 0.15) is 0 Å². The van der Waals surface area contributed by atoms with Gasteiger partial charge < -0.3 is 25.6 Å². The lowest BCUT2D eigenvalue weighted by Crippen LogP contribution is -2.33. The summed E-state index contributed by atoms with van der Waals surface area (Å²) in [5.41, 5.74) is 6.45. The molecule has 0 fully saturated rings. The average molecular weight is 563 g/mol. The van der Waals surface area contributed by atoms with E-state index in [1.54, 1.807) is 43.3 Å². The highest BCUT2D eigenvalue weighted by molar-refractivity contribution is 6.04. The molecule has 8 heteroatoms. The molecule has 1 heterocycles. The maximum atomic E-state index is 13.5. The van der Waals surface area contributed by atoms with Crippen LogP contribution in [0.4, 0.5) is 21.9 Å². The molecule has 0 unspecified atom stereocenters. The largest absolute Gasteiger partial charge is 0.462 e. The van der Waals surface area contributed by atoms with Crippen molar-refractivity contribution in [3.05, 3.63) is 125 Å². The highest BCUT2D eigenvalue weighted by Gasteiger charge is 2.22. The highest BCUT2D eigenvalue weighted by atomic mass is 16.5. The molecule has 0 saturated carbocycles. The van der Waals surface area contributed by atoms with Crippen molar-refractivity contribution < 1.29 is 19.1 Å². The zero-order valence-electron chi connectivity index (χ0n) is 23.6. The Labute approximate surface area is 245 Å². The van der Waals surface area contributed by atoms with Crippen molar-refractivity contribution in [1.29, 1.82) is 0 Å². The molecule has 214 valence electrons. The average Bonchev–Trinajstić information content (AvgIpc) is 3.01. The van der Waals surface area contributed by atoms with Crippen LogP contribution in [-0.4, -0.2) is 37.6 Å². The van der Waals surface area contributed by atoms with Gasteiger partial charge in [0.15, 0.2) is 0 Å². The number of amides is 3. The van der Waals surface area contributed by atoms with Gasteiger partial charge in [-0.3, -0.25) is 4.79 Å². The van der Waals surface area contributed by atoms with Crippen molar-refractivity contribution in [2.24, 2.45) is 0 Å². The van der Waals surface area contributed by atoms with Gasteiger partial charge in [-0.15, -0.1) is 0 Å². The number of nitrogens with zero attached hydrogens (tertiary/aromatic N) is 1. The first-order chi connectivity index (χ1) is 20.5. The van der Waals surface area contributed by atoms with E-state index >= 15 is 0 Å². The maximum absolute atomic E-state index is 13.5. The number of esters is 1. The summed E-state index contributed by atoms with van der Waals surface area (Å²) in [4.78, 5) is 40.4. The summed E-state index contributed by atoms with van der Waals surface area (Å²) < 4.78 is 5.00. The van der Waals surface area contributed by atoms with Crippen LogP contribution in [0.15, 0.2) is 97.1 Å². The van der Waals surface area contributed by atoms with Crippen molar-refractivity contribution >= 4 is 35.0 Å². The molecule has 0 saturated heterocycles. The highest BCUT2D eigenvalue weighted by Crippen LogP contribution is 2.30. The first-order valence-corrected chi connectivity index (χ1v) is 14.1. The van der Waals surface area contributed by atoms with Crippen LogP contribution in [0.5, 0.6) is 0 Å².